The third kappa shape index (κ3) is 2.07. The van der Waals surface area contributed by atoms with E-state index in [2.05, 4.69) is 25.9 Å². The first-order chi connectivity index (χ1) is 7.16. The lowest BCUT2D eigenvalue weighted by molar-refractivity contribution is 0.475. The smallest absolute Gasteiger partial charge is 0.150 e. The number of phenols is 1. The SMILES string of the molecule is Nc1ncc(Br)nc1-c1ccc(O)cc1. The van der Waals surface area contributed by atoms with Crippen LogP contribution in [0.2, 0.25) is 0 Å². The second-order valence-electron chi connectivity index (χ2n) is 2.97. The molecule has 0 saturated heterocycles. The maximum absolute atomic E-state index is 9.15. The molecule has 76 valence electrons. The molecule has 1 aromatic heterocycles. The summed E-state index contributed by atoms with van der Waals surface area (Å²) in [6.07, 6.45) is 1.54. The topological polar surface area (TPSA) is 72.0 Å². The second-order valence-corrected chi connectivity index (χ2v) is 3.79. The minimum atomic E-state index is 0.209. The van der Waals surface area contributed by atoms with Crippen LogP contribution in [0, 0.1) is 0 Å². The lowest BCUT2D eigenvalue weighted by Crippen LogP contribution is -1.96. The van der Waals surface area contributed by atoms with Crippen LogP contribution in [0.15, 0.2) is 35.1 Å². The van der Waals surface area contributed by atoms with Gasteiger partial charge >= 0.3 is 0 Å². The van der Waals surface area contributed by atoms with Crippen molar-refractivity contribution in [3.63, 3.8) is 0 Å². The summed E-state index contributed by atoms with van der Waals surface area (Å²) in [5, 5.41) is 9.15. The number of benzene rings is 1. The molecule has 1 aromatic carbocycles. The lowest BCUT2D eigenvalue weighted by atomic mass is 10.1. The Morgan fingerprint density at radius 1 is 1.20 bits per heavy atom. The van der Waals surface area contributed by atoms with Gasteiger partial charge in [0, 0.05) is 5.56 Å². The maximum Gasteiger partial charge on any atom is 0.150 e. The Kier molecular flexibility index (Phi) is 2.55. The highest BCUT2D eigenvalue weighted by atomic mass is 79.9. The zero-order valence-corrected chi connectivity index (χ0v) is 9.27. The molecule has 0 bridgehead atoms. The maximum atomic E-state index is 9.15. The van der Waals surface area contributed by atoms with Crippen molar-refractivity contribution in [2.24, 2.45) is 0 Å². The molecule has 2 aromatic rings. The van der Waals surface area contributed by atoms with Gasteiger partial charge in [-0.25, -0.2) is 9.97 Å². The molecular weight excluding hydrogens is 258 g/mol. The first-order valence-electron chi connectivity index (χ1n) is 4.24. The molecule has 0 saturated carbocycles. The minimum Gasteiger partial charge on any atom is -0.508 e. The number of nitrogen functional groups attached to an aromatic ring is 1. The van der Waals surface area contributed by atoms with Crippen molar-refractivity contribution in [3.05, 3.63) is 35.1 Å². The molecule has 0 spiro atoms. The first kappa shape index (κ1) is 9.92. The zero-order chi connectivity index (χ0) is 10.8. The van der Waals surface area contributed by atoms with Gasteiger partial charge in [-0.2, -0.15) is 0 Å². The molecule has 1 heterocycles. The summed E-state index contributed by atoms with van der Waals surface area (Å²) in [5.74, 6) is 0.573. The van der Waals surface area contributed by atoms with E-state index in [0.29, 0.717) is 16.1 Å². The summed E-state index contributed by atoms with van der Waals surface area (Å²) in [7, 11) is 0. The molecule has 5 heteroatoms. The molecule has 0 aliphatic carbocycles. The van der Waals surface area contributed by atoms with Gasteiger partial charge in [-0.1, -0.05) is 0 Å². The molecule has 3 N–H and O–H groups in total. The van der Waals surface area contributed by atoms with Gasteiger partial charge in [-0.05, 0) is 40.2 Å². The van der Waals surface area contributed by atoms with Crippen LogP contribution in [0.25, 0.3) is 11.3 Å². The Morgan fingerprint density at radius 3 is 2.53 bits per heavy atom. The fourth-order valence-electron chi connectivity index (χ4n) is 1.21. The van der Waals surface area contributed by atoms with E-state index in [1.54, 1.807) is 30.5 Å². The molecule has 0 radical (unpaired) electrons. The van der Waals surface area contributed by atoms with E-state index in [4.69, 9.17) is 10.8 Å². The summed E-state index contributed by atoms with van der Waals surface area (Å²) in [5.41, 5.74) is 7.12. The van der Waals surface area contributed by atoms with Crippen LogP contribution in [-0.2, 0) is 0 Å². The lowest BCUT2D eigenvalue weighted by Gasteiger charge is -2.04. The van der Waals surface area contributed by atoms with Crippen LogP contribution in [0.4, 0.5) is 5.82 Å². The van der Waals surface area contributed by atoms with Crippen molar-refractivity contribution < 1.29 is 5.11 Å². The van der Waals surface area contributed by atoms with Gasteiger partial charge < -0.3 is 10.8 Å². The van der Waals surface area contributed by atoms with Crippen molar-refractivity contribution in [2.75, 3.05) is 5.73 Å². The van der Waals surface area contributed by atoms with E-state index in [0.717, 1.165) is 5.56 Å². The van der Waals surface area contributed by atoms with Crippen molar-refractivity contribution in [1.29, 1.82) is 0 Å². The Morgan fingerprint density at radius 2 is 1.87 bits per heavy atom. The van der Waals surface area contributed by atoms with Crippen LogP contribution in [-0.4, -0.2) is 15.1 Å². The summed E-state index contributed by atoms with van der Waals surface area (Å²) in [4.78, 5) is 8.20. The van der Waals surface area contributed by atoms with Crippen LogP contribution in [0.5, 0.6) is 5.75 Å². The second kappa shape index (κ2) is 3.86. The minimum absolute atomic E-state index is 0.209. The van der Waals surface area contributed by atoms with E-state index in [1.165, 1.54) is 0 Å². The molecule has 4 nitrogen and oxygen atoms in total. The first-order valence-corrected chi connectivity index (χ1v) is 5.03. The van der Waals surface area contributed by atoms with Gasteiger partial charge in [0.05, 0.1) is 6.20 Å². The molecule has 0 fully saturated rings. The molecule has 0 aliphatic heterocycles. The van der Waals surface area contributed by atoms with E-state index in [-0.39, 0.29) is 5.75 Å². The molecule has 15 heavy (non-hydrogen) atoms. The zero-order valence-electron chi connectivity index (χ0n) is 7.68. The van der Waals surface area contributed by atoms with Crippen molar-refractivity contribution in [3.8, 4) is 17.0 Å². The average molecular weight is 266 g/mol. The highest BCUT2D eigenvalue weighted by Gasteiger charge is 2.06. The van der Waals surface area contributed by atoms with Crippen molar-refractivity contribution >= 4 is 21.7 Å². The molecule has 0 atom stereocenters. The third-order valence-corrected chi connectivity index (χ3v) is 2.29. The van der Waals surface area contributed by atoms with Gasteiger partial charge in [0.15, 0.2) is 0 Å². The summed E-state index contributed by atoms with van der Waals surface area (Å²) < 4.78 is 0.625. The fourth-order valence-corrected chi connectivity index (χ4v) is 1.49. The van der Waals surface area contributed by atoms with Gasteiger partial charge in [0.2, 0.25) is 0 Å². The largest absolute Gasteiger partial charge is 0.508 e. The number of aromatic nitrogens is 2. The van der Waals surface area contributed by atoms with E-state index < -0.39 is 0 Å². The Labute approximate surface area is 94.9 Å². The van der Waals surface area contributed by atoms with E-state index >= 15 is 0 Å². The molecule has 2 rings (SSSR count). The number of anilines is 1. The van der Waals surface area contributed by atoms with Crippen LogP contribution in [0.1, 0.15) is 0 Å². The van der Waals surface area contributed by atoms with Crippen LogP contribution < -0.4 is 5.73 Å². The molecular formula is C10H8BrN3O. The number of hydrogen-bond donors (Lipinski definition) is 2. The highest BCUT2D eigenvalue weighted by molar-refractivity contribution is 9.10. The quantitative estimate of drug-likeness (QED) is 0.829. The highest BCUT2D eigenvalue weighted by Crippen LogP contribution is 2.25. The Bertz CT molecular complexity index is 485. The van der Waals surface area contributed by atoms with E-state index in [1.807, 2.05) is 0 Å². The van der Waals surface area contributed by atoms with E-state index in [9.17, 15) is 0 Å². The average Bonchev–Trinajstić information content (AvgIpc) is 2.23. The van der Waals surface area contributed by atoms with Crippen LogP contribution in [0.3, 0.4) is 0 Å². The normalized spacial score (nSPS) is 10.2. The van der Waals surface area contributed by atoms with Gasteiger partial charge in [-0.15, -0.1) is 0 Å². The number of rotatable bonds is 1. The standard InChI is InChI=1S/C10H8BrN3O/c11-8-5-13-10(12)9(14-8)6-1-3-7(15)4-2-6/h1-5,15H,(H2,12,13). The number of aromatic hydroxyl groups is 1. The summed E-state index contributed by atoms with van der Waals surface area (Å²) in [6.45, 7) is 0. The molecule has 0 unspecified atom stereocenters. The third-order valence-electron chi connectivity index (χ3n) is 1.91. The molecule has 0 amide bonds. The van der Waals surface area contributed by atoms with Gasteiger partial charge in [-0.3, -0.25) is 0 Å². The Balaban J connectivity index is 2.53. The number of halogens is 1. The number of nitrogens with zero attached hydrogens (tertiary/aromatic N) is 2. The van der Waals surface area contributed by atoms with Crippen molar-refractivity contribution in [1.82, 2.24) is 9.97 Å². The fraction of sp³-hybridized carbons (Fsp3) is 0. The summed E-state index contributed by atoms with van der Waals surface area (Å²) in [6, 6.07) is 6.64. The van der Waals surface area contributed by atoms with Crippen molar-refractivity contribution in [2.45, 2.75) is 0 Å². The molecule has 0 aliphatic rings. The monoisotopic (exact) mass is 265 g/mol. The predicted molar refractivity (Wildman–Crippen MR) is 61.2 cm³/mol. The summed E-state index contributed by atoms with van der Waals surface area (Å²) >= 11 is 3.23. The number of phenolic OH excluding ortho intramolecular Hbond substituents is 1. The van der Waals surface area contributed by atoms with Gasteiger partial charge in [0.25, 0.3) is 0 Å². The number of hydrogen-bond acceptors (Lipinski definition) is 4. The number of nitrogens with two attached hydrogens (primary N) is 1. The van der Waals surface area contributed by atoms with Crippen LogP contribution >= 0.6 is 15.9 Å². The van der Waals surface area contributed by atoms with Gasteiger partial charge in [0.1, 0.15) is 21.9 Å². The predicted octanol–water partition coefficient (Wildman–Crippen LogP) is 2.19. The Hall–Kier alpha value is -1.62.